The summed E-state index contributed by atoms with van der Waals surface area (Å²) in [6, 6.07) is 13.5. The number of amides is 2. The van der Waals surface area contributed by atoms with Crippen molar-refractivity contribution in [2.24, 2.45) is 0 Å². The number of aryl methyl sites for hydroxylation is 1. The third-order valence-electron chi connectivity index (χ3n) is 3.95. The molecule has 0 bridgehead atoms. The van der Waals surface area contributed by atoms with Gasteiger partial charge in [0, 0.05) is 11.1 Å². The number of rotatable bonds is 4. The first kappa shape index (κ1) is 16.1. The van der Waals surface area contributed by atoms with E-state index in [1.165, 1.54) is 5.56 Å². The Bertz CT molecular complexity index is 851. The average Bonchev–Trinajstić information content (AvgIpc) is 2.95. The lowest BCUT2D eigenvalue weighted by molar-refractivity contribution is 0.251. The maximum atomic E-state index is 12.0. The second kappa shape index (κ2) is 6.74. The molecular weight excluding hydrogens is 302 g/mol. The van der Waals surface area contributed by atoms with Crippen LogP contribution in [-0.2, 0) is 6.54 Å². The molecule has 5 nitrogen and oxygen atoms in total. The number of aromatic nitrogens is 1. The maximum absolute atomic E-state index is 12.0. The molecule has 0 aliphatic heterocycles. The third-order valence-corrected chi connectivity index (χ3v) is 3.95. The molecule has 0 saturated carbocycles. The quantitative estimate of drug-likeness (QED) is 0.738. The normalized spacial score (nSPS) is 11.0. The third kappa shape index (κ3) is 3.56. The van der Waals surface area contributed by atoms with Gasteiger partial charge in [-0.15, -0.1) is 0 Å². The fourth-order valence-electron chi connectivity index (χ4n) is 2.52. The van der Waals surface area contributed by atoms with Crippen molar-refractivity contribution in [1.82, 2.24) is 10.5 Å². The minimum Gasteiger partial charge on any atom is -0.356 e. The van der Waals surface area contributed by atoms with E-state index in [0.717, 1.165) is 27.9 Å². The highest BCUT2D eigenvalue weighted by atomic mass is 16.5. The summed E-state index contributed by atoms with van der Waals surface area (Å²) in [7, 11) is 0. The van der Waals surface area contributed by atoms with Crippen molar-refractivity contribution in [3.63, 3.8) is 0 Å². The number of carbonyl (C=O) groups is 1. The number of hydrogen-bond donors (Lipinski definition) is 2. The average molecular weight is 323 g/mol. The highest BCUT2D eigenvalue weighted by Gasteiger charge is 2.10. The molecule has 24 heavy (non-hydrogen) atoms. The number of carbonyl (C=O) groups excluding carboxylic acids is 1. The standard InChI is InChI=1S/C19H21N3O2/c1-12(2)14-5-7-15(8-6-14)21-19(23)20-11-17-16-10-13(3)4-9-18(16)24-22-17/h4-10,12H,11H2,1-3H3,(H2,20,21,23). The predicted molar refractivity (Wildman–Crippen MR) is 95.1 cm³/mol. The number of urea groups is 1. The first-order valence-corrected chi connectivity index (χ1v) is 8.02. The van der Waals surface area contributed by atoms with E-state index >= 15 is 0 Å². The second-order valence-electron chi connectivity index (χ2n) is 6.21. The molecule has 2 amide bonds. The van der Waals surface area contributed by atoms with Gasteiger partial charge >= 0.3 is 6.03 Å². The molecule has 3 rings (SSSR count). The van der Waals surface area contributed by atoms with E-state index in [4.69, 9.17) is 4.52 Å². The Labute approximate surface area is 141 Å². The van der Waals surface area contributed by atoms with Crippen molar-refractivity contribution in [2.75, 3.05) is 5.32 Å². The summed E-state index contributed by atoms with van der Waals surface area (Å²) in [5, 5.41) is 10.6. The van der Waals surface area contributed by atoms with Crippen LogP contribution in [0.1, 0.15) is 36.6 Å². The van der Waals surface area contributed by atoms with Crippen molar-refractivity contribution in [2.45, 2.75) is 33.2 Å². The molecule has 2 N–H and O–H groups in total. The first-order chi connectivity index (χ1) is 11.5. The molecule has 1 aromatic heterocycles. The molecule has 5 heteroatoms. The van der Waals surface area contributed by atoms with E-state index in [2.05, 4.69) is 29.6 Å². The fraction of sp³-hybridized carbons (Fsp3) is 0.263. The van der Waals surface area contributed by atoms with E-state index in [9.17, 15) is 4.79 Å². The van der Waals surface area contributed by atoms with Crippen LogP contribution in [0.5, 0.6) is 0 Å². The molecule has 0 fully saturated rings. The Kier molecular flexibility index (Phi) is 4.51. The van der Waals surface area contributed by atoms with Crippen LogP contribution < -0.4 is 10.6 Å². The van der Waals surface area contributed by atoms with E-state index in [0.29, 0.717) is 12.5 Å². The molecule has 124 valence electrons. The highest BCUT2D eigenvalue weighted by Crippen LogP contribution is 2.20. The maximum Gasteiger partial charge on any atom is 0.319 e. The van der Waals surface area contributed by atoms with Gasteiger partial charge in [-0.3, -0.25) is 0 Å². The number of nitrogens with one attached hydrogen (secondary N) is 2. The van der Waals surface area contributed by atoms with Crippen LogP contribution in [0, 0.1) is 6.92 Å². The summed E-state index contributed by atoms with van der Waals surface area (Å²) in [5.74, 6) is 0.469. The van der Waals surface area contributed by atoms with E-state index in [1.807, 2.05) is 49.4 Å². The monoisotopic (exact) mass is 323 g/mol. The summed E-state index contributed by atoms with van der Waals surface area (Å²) in [6.07, 6.45) is 0. The number of anilines is 1. The minimum atomic E-state index is -0.267. The zero-order valence-corrected chi connectivity index (χ0v) is 14.1. The largest absolute Gasteiger partial charge is 0.356 e. The summed E-state index contributed by atoms with van der Waals surface area (Å²) in [4.78, 5) is 12.0. The van der Waals surface area contributed by atoms with Crippen LogP contribution in [0.25, 0.3) is 11.0 Å². The minimum absolute atomic E-state index is 0.267. The molecule has 0 aliphatic carbocycles. The summed E-state index contributed by atoms with van der Waals surface area (Å²) in [5.41, 5.74) is 4.57. The van der Waals surface area contributed by atoms with Crippen LogP contribution in [0.2, 0.25) is 0 Å². The lowest BCUT2D eigenvalue weighted by Gasteiger charge is -2.09. The highest BCUT2D eigenvalue weighted by molar-refractivity contribution is 5.89. The van der Waals surface area contributed by atoms with Crippen LogP contribution >= 0.6 is 0 Å². The molecular formula is C19H21N3O2. The summed E-state index contributed by atoms with van der Waals surface area (Å²) >= 11 is 0. The molecule has 0 spiro atoms. The molecule has 0 unspecified atom stereocenters. The van der Waals surface area contributed by atoms with Crippen LogP contribution in [0.15, 0.2) is 47.0 Å². The van der Waals surface area contributed by atoms with Crippen LogP contribution in [0.3, 0.4) is 0 Å². The topological polar surface area (TPSA) is 67.2 Å². The van der Waals surface area contributed by atoms with Crippen molar-refractivity contribution in [3.05, 3.63) is 59.3 Å². The molecule has 2 aromatic carbocycles. The van der Waals surface area contributed by atoms with Gasteiger partial charge in [0.25, 0.3) is 0 Å². The lowest BCUT2D eigenvalue weighted by atomic mass is 10.0. The molecule has 0 saturated heterocycles. The Morgan fingerprint density at radius 3 is 2.62 bits per heavy atom. The number of hydrogen-bond acceptors (Lipinski definition) is 3. The molecule has 0 radical (unpaired) electrons. The molecule has 1 heterocycles. The van der Waals surface area contributed by atoms with Crippen molar-refractivity contribution in [3.8, 4) is 0 Å². The van der Waals surface area contributed by atoms with Gasteiger partial charge in [-0.2, -0.15) is 0 Å². The van der Waals surface area contributed by atoms with Gasteiger partial charge in [-0.1, -0.05) is 42.8 Å². The van der Waals surface area contributed by atoms with Gasteiger partial charge in [0.05, 0.1) is 6.54 Å². The van der Waals surface area contributed by atoms with Crippen molar-refractivity contribution in [1.29, 1.82) is 0 Å². The first-order valence-electron chi connectivity index (χ1n) is 8.02. The van der Waals surface area contributed by atoms with Gasteiger partial charge in [-0.05, 0) is 42.7 Å². The summed E-state index contributed by atoms with van der Waals surface area (Å²) < 4.78 is 5.27. The fourth-order valence-corrected chi connectivity index (χ4v) is 2.52. The molecule has 3 aromatic rings. The van der Waals surface area contributed by atoms with Gasteiger partial charge < -0.3 is 15.2 Å². The van der Waals surface area contributed by atoms with Crippen LogP contribution in [0.4, 0.5) is 10.5 Å². The lowest BCUT2D eigenvalue weighted by Crippen LogP contribution is -2.28. The molecule has 0 aliphatic rings. The van der Waals surface area contributed by atoms with Gasteiger partial charge in [-0.25, -0.2) is 4.79 Å². The molecule has 0 atom stereocenters. The second-order valence-corrected chi connectivity index (χ2v) is 6.21. The smallest absolute Gasteiger partial charge is 0.319 e. The Morgan fingerprint density at radius 1 is 1.17 bits per heavy atom. The van der Waals surface area contributed by atoms with Crippen molar-refractivity contribution < 1.29 is 9.32 Å². The van der Waals surface area contributed by atoms with Gasteiger partial charge in [0.2, 0.25) is 0 Å². The zero-order chi connectivity index (χ0) is 17.1. The van der Waals surface area contributed by atoms with E-state index in [-0.39, 0.29) is 6.03 Å². The predicted octanol–water partition coefficient (Wildman–Crippen LogP) is 4.58. The van der Waals surface area contributed by atoms with E-state index in [1.54, 1.807) is 0 Å². The van der Waals surface area contributed by atoms with Crippen molar-refractivity contribution >= 4 is 22.7 Å². The van der Waals surface area contributed by atoms with E-state index < -0.39 is 0 Å². The number of fused-ring (bicyclic) bond motifs is 1. The van der Waals surface area contributed by atoms with Gasteiger partial charge in [0.1, 0.15) is 5.69 Å². The summed E-state index contributed by atoms with van der Waals surface area (Å²) in [6.45, 7) is 6.60. The Balaban J connectivity index is 1.61. The number of benzene rings is 2. The SMILES string of the molecule is Cc1ccc2onc(CNC(=O)Nc3ccc(C(C)C)cc3)c2c1. The Hall–Kier alpha value is -2.82. The Morgan fingerprint density at radius 2 is 1.92 bits per heavy atom. The van der Waals surface area contributed by atoms with Gasteiger partial charge in [0.15, 0.2) is 5.58 Å². The van der Waals surface area contributed by atoms with Crippen LogP contribution in [-0.4, -0.2) is 11.2 Å². The number of nitrogens with zero attached hydrogens (tertiary/aromatic N) is 1. The zero-order valence-electron chi connectivity index (χ0n) is 14.1.